The average Bonchev–Trinajstić information content (AvgIpc) is 2.88. The Morgan fingerprint density at radius 3 is 2.22 bits per heavy atom. The fourth-order valence-corrected chi connectivity index (χ4v) is 14.0. The van der Waals surface area contributed by atoms with E-state index >= 15 is 0 Å². The minimum absolute atomic E-state index is 0.0993. The van der Waals surface area contributed by atoms with Gasteiger partial charge in [-0.3, -0.25) is 0 Å². The third-order valence-corrected chi connectivity index (χ3v) is 13.2. The summed E-state index contributed by atoms with van der Waals surface area (Å²) in [5, 5.41) is 0. The third kappa shape index (κ3) is 2.13. The van der Waals surface area contributed by atoms with Gasteiger partial charge in [-0.1, -0.05) is 0 Å². The standard InChI is InChI=1S/C13H14F.3CH3.Sn/c14-12-5-3-10(4-6-12)13-8-9-1-2-11(13)7-9;;;;/h3-6,8-9,11,13H,1-2,7H2;3*1H3;/t9-,11+,13-;;;;/m0..../s1. The van der Waals surface area contributed by atoms with Crippen LogP contribution in [0.1, 0.15) is 30.7 Å². The van der Waals surface area contributed by atoms with Crippen molar-refractivity contribution in [1.29, 1.82) is 0 Å². The van der Waals surface area contributed by atoms with Crippen molar-refractivity contribution in [2.75, 3.05) is 0 Å². The van der Waals surface area contributed by atoms with Crippen LogP contribution in [0.2, 0.25) is 18.8 Å². The second kappa shape index (κ2) is 4.50. The molecule has 4 atom stereocenters. The Labute approximate surface area is 114 Å². The van der Waals surface area contributed by atoms with Crippen LogP contribution in [0.15, 0.2) is 24.3 Å². The molecular weight excluding hydrogens is 330 g/mol. The quantitative estimate of drug-likeness (QED) is 0.653. The molecule has 1 aromatic carbocycles. The zero-order valence-corrected chi connectivity index (χ0v) is 14.5. The summed E-state index contributed by atoms with van der Waals surface area (Å²) >= 11 is -1.89. The fourth-order valence-electron chi connectivity index (χ4n) is 4.70. The zero-order valence-electron chi connectivity index (χ0n) is 11.6. The second-order valence-corrected chi connectivity index (χ2v) is 22.7. The fraction of sp³-hybridized carbons (Fsp3) is 0.625. The van der Waals surface area contributed by atoms with Crippen LogP contribution in [-0.2, 0) is 0 Å². The molecule has 0 spiro atoms. The third-order valence-electron chi connectivity index (χ3n) is 5.17. The number of hydrogen-bond donors (Lipinski definition) is 0. The van der Waals surface area contributed by atoms with Gasteiger partial charge in [0.2, 0.25) is 0 Å². The molecule has 2 aliphatic rings. The summed E-state index contributed by atoms with van der Waals surface area (Å²) < 4.78 is 14.1. The van der Waals surface area contributed by atoms with Crippen molar-refractivity contribution < 1.29 is 4.39 Å². The molecule has 2 fully saturated rings. The van der Waals surface area contributed by atoms with Gasteiger partial charge in [-0.15, -0.1) is 0 Å². The van der Waals surface area contributed by atoms with Gasteiger partial charge in [-0.2, -0.15) is 0 Å². The normalized spacial score (nSPS) is 35.1. The van der Waals surface area contributed by atoms with E-state index in [0.29, 0.717) is 0 Å². The van der Waals surface area contributed by atoms with E-state index in [0.717, 1.165) is 21.7 Å². The second-order valence-electron chi connectivity index (χ2n) is 7.30. The Morgan fingerprint density at radius 2 is 1.61 bits per heavy atom. The van der Waals surface area contributed by atoms with Gasteiger partial charge in [-0.05, 0) is 0 Å². The topological polar surface area (TPSA) is 0 Å². The van der Waals surface area contributed by atoms with Crippen LogP contribution in [0.4, 0.5) is 4.39 Å². The summed E-state index contributed by atoms with van der Waals surface area (Å²) in [6, 6.07) is 7.39. The molecule has 3 rings (SSSR count). The molecule has 0 radical (unpaired) electrons. The van der Waals surface area contributed by atoms with E-state index in [1.165, 1.54) is 24.8 Å². The molecule has 0 nitrogen and oxygen atoms in total. The Morgan fingerprint density at radius 1 is 1.00 bits per heavy atom. The van der Waals surface area contributed by atoms with Gasteiger partial charge >= 0.3 is 114 Å². The summed E-state index contributed by atoms with van der Waals surface area (Å²) in [6.07, 6.45) is 4.31. The molecule has 2 saturated carbocycles. The van der Waals surface area contributed by atoms with Crippen LogP contribution >= 0.6 is 0 Å². The van der Waals surface area contributed by atoms with Crippen molar-refractivity contribution in [3.05, 3.63) is 35.6 Å². The summed E-state index contributed by atoms with van der Waals surface area (Å²) in [5.41, 5.74) is 1.42. The van der Waals surface area contributed by atoms with E-state index in [9.17, 15) is 4.39 Å². The van der Waals surface area contributed by atoms with E-state index in [2.05, 4.69) is 14.8 Å². The summed E-state index contributed by atoms with van der Waals surface area (Å²) in [5.74, 6) is 2.53. The van der Waals surface area contributed by atoms with Gasteiger partial charge in [0.25, 0.3) is 0 Å². The van der Waals surface area contributed by atoms with E-state index in [-0.39, 0.29) is 5.82 Å². The molecule has 1 aromatic rings. The van der Waals surface area contributed by atoms with Gasteiger partial charge in [0.1, 0.15) is 0 Å². The maximum absolute atomic E-state index is 13.1. The van der Waals surface area contributed by atoms with E-state index in [4.69, 9.17) is 0 Å². The predicted molar refractivity (Wildman–Crippen MR) is 77.1 cm³/mol. The molecule has 0 amide bonds. The van der Waals surface area contributed by atoms with Crippen molar-refractivity contribution in [2.45, 2.75) is 43.9 Å². The number of hydrogen-bond acceptors (Lipinski definition) is 0. The van der Waals surface area contributed by atoms with Crippen LogP contribution in [-0.4, -0.2) is 18.4 Å². The molecule has 0 N–H and O–H groups in total. The number of halogens is 1. The van der Waals surface area contributed by atoms with Crippen molar-refractivity contribution in [1.82, 2.24) is 0 Å². The van der Waals surface area contributed by atoms with Crippen LogP contribution in [0.5, 0.6) is 0 Å². The minimum atomic E-state index is -1.89. The van der Waals surface area contributed by atoms with Gasteiger partial charge in [0.05, 0.1) is 0 Å². The molecule has 0 heterocycles. The monoisotopic (exact) mass is 354 g/mol. The van der Waals surface area contributed by atoms with Crippen molar-refractivity contribution in [3.8, 4) is 0 Å². The van der Waals surface area contributed by atoms with Crippen LogP contribution in [0.3, 0.4) is 0 Å². The Bertz CT molecular complexity index is 431. The van der Waals surface area contributed by atoms with Crippen LogP contribution in [0.25, 0.3) is 0 Å². The molecule has 18 heavy (non-hydrogen) atoms. The number of rotatable bonds is 2. The summed E-state index contributed by atoms with van der Waals surface area (Å²) in [6.45, 7) is 0. The van der Waals surface area contributed by atoms with Gasteiger partial charge in [-0.25, -0.2) is 0 Å². The van der Waals surface area contributed by atoms with Crippen molar-refractivity contribution >= 4 is 18.4 Å². The van der Waals surface area contributed by atoms with Crippen LogP contribution in [0, 0.1) is 17.7 Å². The molecule has 2 bridgehead atoms. The Balaban J connectivity index is 1.96. The van der Waals surface area contributed by atoms with Crippen molar-refractivity contribution in [3.63, 3.8) is 0 Å². The summed E-state index contributed by atoms with van der Waals surface area (Å²) in [4.78, 5) is 7.74. The van der Waals surface area contributed by atoms with E-state index in [1.807, 2.05) is 12.1 Å². The average molecular weight is 353 g/mol. The van der Waals surface area contributed by atoms with Gasteiger partial charge < -0.3 is 0 Å². The molecule has 0 unspecified atom stereocenters. The Kier molecular flexibility index (Phi) is 3.24. The molecule has 2 aliphatic carbocycles. The first-order chi connectivity index (χ1) is 8.47. The first-order valence-corrected chi connectivity index (χ1v) is 17.4. The van der Waals surface area contributed by atoms with Gasteiger partial charge in [0, 0.05) is 0 Å². The molecular formula is C16H23FSn. The zero-order chi connectivity index (χ0) is 12.9. The first kappa shape index (κ1) is 13.0. The Hall–Kier alpha value is -0.0513. The molecule has 0 aromatic heterocycles. The van der Waals surface area contributed by atoms with E-state index in [1.54, 1.807) is 12.1 Å². The summed E-state index contributed by atoms with van der Waals surface area (Å²) in [7, 11) is 0. The van der Waals surface area contributed by atoms with Crippen LogP contribution < -0.4 is 0 Å². The number of fused-ring (bicyclic) bond motifs is 2. The van der Waals surface area contributed by atoms with E-state index < -0.39 is 18.4 Å². The first-order valence-electron chi connectivity index (χ1n) is 7.22. The predicted octanol–water partition coefficient (Wildman–Crippen LogP) is 5.05. The molecule has 98 valence electrons. The molecule has 2 heteroatoms. The van der Waals surface area contributed by atoms with Gasteiger partial charge in [0.15, 0.2) is 0 Å². The number of benzene rings is 1. The SMILES string of the molecule is [CH3][Sn]([CH3])([CH3])[C@@H]1[C@H]2CC[C@H](C2)[C@@H]1c1ccc(F)cc1. The molecule has 0 saturated heterocycles. The maximum atomic E-state index is 13.1. The molecule has 0 aliphatic heterocycles. The van der Waals surface area contributed by atoms with Crippen molar-refractivity contribution in [2.24, 2.45) is 11.8 Å².